The van der Waals surface area contributed by atoms with Crippen molar-refractivity contribution in [3.05, 3.63) is 0 Å². The van der Waals surface area contributed by atoms with Crippen LogP contribution in [0, 0.1) is 5.41 Å². The van der Waals surface area contributed by atoms with Crippen LogP contribution in [-0.4, -0.2) is 27.9 Å². The number of carbonyl (C=O) groups excluding carboxylic acids is 1. The van der Waals surface area contributed by atoms with Crippen LogP contribution in [0.15, 0.2) is 0 Å². The van der Waals surface area contributed by atoms with E-state index in [2.05, 4.69) is 26.6 Å². The quantitative estimate of drug-likeness (QED) is 0.499. The van der Waals surface area contributed by atoms with Crippen molar-refractivity contribution in [3.63, 3.8) is 0 Å². The van der Waals surface area contributed by atoms with Crippen molar-refractivity contribution < 1.29 is 13.9 Å². The van der Waals surface area contributed by atoms with Crippen LogP contribution in [0.4, 0.5) is 0 Å². The molecule has 18 heavy (non-hydrogen) atoms. The Hall–Kier alpha value is -0.288. The second-order valence-electron chi connectivity index (χ2n) is 6.49. The zero-order valence-electron chi connectivity index (χ0n) is 13.0. The van der Waals surface area contributed by atoms with Gasteiger partial charge in [-0.05, 0) is 53.2 Å². The average molecular weight is 271 g/mol. The van der Waals surface area contributed by atoms with Crippen molar-refractivity contribution in [2.75, 3.05) is 0 Å². The van der Waals surface area contributed by atoms with Gasteiger partial charge in [0.05, 0.1) is 11.5 Å². The molecule has 0 aromatic carbocycles. The van der Waals surface area contributed by atoms with Crippen LogP contribution in [0.5, 0.6) is 0 Å². The van der Waals surface area contributed by atoms with E-state index in [-0.39, 0.29) is 12.1 Å². The fourth-order valence-electron chi connectivity index (χ4n) is 1.39. The number of ether oxygens (including phenoxy) is 1. The van der Waals surface area contributed by atoms with Gasteiger partial charge in [0, 0.05) is 0 Å². The first-order valence-corrected chi connectivity index (χ1v) is 10.2. The first-order chi connectivity index (χ1) is 8.08. The second kappa shape index (κ2) is 7.34. The van der Waals surface area contributed by atoms with Crippen LogP contribution in [0.2, 0.25) is 26.0 Å². The number of hydrogen-bond donors (Lipinski definition) is 0. The van der Waals surface area contributed by atoms with Gasteiger partial charge in [0.25, 0.3) is 7.48 Å². The summed E-state index contributed by atoms with van der Waals surface area (Å²) < 4.78 is 11.1. The molecule has 0 aromatic rings. The van der Waals surface area contributed by atoms with E-state index >= 15 is 0 Å². The molecule has 0 aliphatic heterocycles. The summed E-state index contributed by atoms with van der Waals surface area (Å²) in [6.07, 6.45) is 2.53. The first kappa shape index (κ1) is 17.7. The summed E-state index contributed by atoms with van der Waals surface area (Å²) in [4.78, 5) is 12.0. The van der Waals surface area contributed by atoms with E-state index in [1.807, 2.05) is 20.8 Å². The van der Waals surface area contributed by atoms with Crippen LogP contribution in [0.25, 0.3) is 0 Å². The Morgan fingerprint density at radius 3 is 2.33 bits per heavy atom. The SMILES string of the molecule is CCCC(C)OC(=O)C(C)(C)C[B]O[Si](C)(C)C. The predicted octanol–water partition coefficient (Wildman–Crippen LogP) is 3.63. The van der Waals surface area contributed by atoms with E-state index in [0.29, 0.717) is 6.32 Å². The van der Waals surface area contributed by atoms with Crippen LogP contribution in [0.1, 0.15) is 40.5 Å². The summed E-state index contributed by atoms with van der Waals surface area (Å²) in [6.45, 7) is 14.2. The number of rotatable bonds is 8. The molecular weight excluding hydrogens is 243 g/mol. The van der Waals surface area contributed by atoms with Gasteiger partial charge >= 0.3 is 5.97 Å². The highest BCUT2D eigenvalue weighted by Crippen LogP contribution is 2.24. The van der Waals surface area contributed by atoms with Crippen LogP contribution >= 0.6 is 0 Å². The molecule has 3 nitrogen and oxygen atoms in total. The van der Waals surface area contributed by atoms with Crippen molar-refractivity contribution in [2.24, 2.45) is 5.41 Å². The molecule has 5 heteroatoms. The molecule has 1 radical (unpaired) electrons. The molecule has 0 aromatic heterocycles. The molecular formula is C13H28BO3Si. The van der Waals surface area contributed by atoms with Crippen molar-refractivity contribution in [3.8, 4) is 0 Å². The van der Waals surface area contributed by atoms with E-state index in [1.54, 1.807) is 7.48 Å². The highest BCUT2D eigenvalue weighted by molar-refractivity contribution is 6.73. The van der Waals surface area contributed by atoms with E-state index in [0.717, 1.165) is 12.8 Å². The zero-order valence-corrected chi connectivity index (χ0v) is 14.0. The van der Waals surface area contributed by atoms with Crippen molar-refractivity contribution >= 4 is 21.8 Å². The van der Waals surface area contributed by atoms with Crippen molar-refractivity contribution in [2.45, 2.75) is 72.6 Å². The normalized spacial score (nSPS) is 14.2. The van der Waals surface area contributed by atoms with Gasteiger partial charge in [-0.15, -0.1) is 0 Å². The monoisotopic (exact) mass is 271 g/mol. The molecule has 1 atom stereocenters. The maximum absolute atomic E-state index is 12.0. The molecule has 0 spiro atoms. The second-order valence-corrected chi connectivity index (χ2v) is 10.9. The van der Waals surface area contributed by atoms with Gasteiger partial charge < -0.3 is 9.08 Å². The lowest BCUT2D eigenvalue weighted by Gasteiger charge is -2.26. The molecule has 105 valence electrons. The third-order valence-corrected chi connectivity index (χ3v) is 3.46. The van der Waals surface area contributed by atoms with Crippen LogP contribution in [0.3, 0.4) is 0 Å². The number of hydrogen-bond acceptors (Lipinski definition) is 3. The molecule has 0 fully saturated rings. The predicted molar refractivity (Wildman–Crippen MR) is 79.2 cm³/mol. The highest BCUT2D eigenvalue weighted by Gasteiger charge is 2.31. The average Bonchev–Trinajstić information content (AvgIpc) is 2.15. The molecule has 0 aliphatic carbocycles. The molecule has 0 heterocycles. The Kier molecular flexibility index (Phi) is 7.22. The molecule has 0 amide bonds. The summed E-state index contributed by atoms with van der Waals surface area (Å²) in [5, 5.41) is 0. The molecule has 0 rings (SSSR count). The van der Waals surface area contributed by atoms with E-state index < -0.39 is 13.7 Å². The fraction of sp³-hybridized carbons (Fsp3) is 0.923. The smallest absolute Gasteiger partial charge is 0.311 e. The lowest BCUT2D eigenvalue weighted by atomic mass is 9.75. The Labute approximate surface area is 114 Å². The highest BCUT2D eigenvalue weighted by atomic mass is 28.4. The van der Waals surface area contributed by atoms with Crippen LogP contribution in [-0.2, 0) is 13.9 Å². The molecule has 1 unspecified atom stereocenters. The van der Waals surface area contributed by atoms with Gasteiger partial charge in [0.15, 0.2) is 8.32 Å². The minimum Gasteiger partial charge on any atom is -0.480 e. The lowest BCUT2D eigenvalue weighted by Crippen LogP contribution is -2.34. The van der Waals surface area contributed by atoms with Crippen molar-refractivity contribution in [1.29, 1.82) is 0 Å². The summed E-state index contributed by atoms with van der Waals surface area (Å²) in [6, 6.07) is 0. The summed E-state index contributed by atoms with van der Waals surface area (Å²) in [5.41, 5.74) is -0.512. The topological polar surface area (TPSA) is 35.5 Å². The summed E-state index contributed by atoms with van der Waals surface area (Å²) in [5.74, 6) is -0.140. The molecule has 0 bridgehead atoms. The van der Waals surface area contributed by atoms with Gasteiger partial charge in [-0.2, -0.15) is 0 Å². The van der Waals surface area contributed by atoms with E-state index in [9.17, 15) is 4.79 Å². The summed E-state index contributed by atoms with van der Waals surface area (Å²) in [7, 11) is 0.232. The van der Waals surface area contributed by atoms with E-state index in [1.165, 1.54) is 0 Å². The van der Waals surface area contributed by atoms with Crippen LogP contribution < -0.4 is 0 Å². The molecule has 0 saturated heterocycles. The Balaban J connectivity index is 4.15. The first-order valence-electron chi connectivity index (χ1n) is 6.79. The minimum atomic E-state index is -1.54. The summed E-state index contributed by atoms with van der Waals surface area (Å²) >= 11 is 0. The Morgan fingerprint density at radius 1 is 1.33 bits per heavy atom. The Morgan fingerprint density at radius 2 is 1.89 bits per heavy atom. The third kappa shape index (κ3) is 7.93. The fourth-order valence-corrected chi connectivity index (χ4v) is 1.97. The van der Waals surface area contributed by atoms with Gasteiger partial charge in [-0.3, -0.25) is 4.79 Å². The number of esters is 1. The Bertz CT molecular complexity index is 261. The molecule has 0 N–H and O–H groups in total. The maximum Gasteiger partial charge on any atom is 0.311 e. The number of carbonyl (C=O) groups is 1. The van der Waals surface area contributed by atoms with Gasteiger partial charge in [0.2, 0.25) is 0 Å². The van der Waals surface area contributed by atoms with Gasteiger partial charge in [0.1, 0.15) is 0 Å². The van der Waals surface area contributed by atoms with E-state index in [4.69, 9.17) is 9.08 Å². The zero-order chi connectivity index (χ0) is 14.4. The van der Waals surface area contributed by atoms with Gasteiger partial charge in [-0.25, -0.2) is 0 Å². The largest absolute Gasteiger partial charge is 0.480 e. The standard InChI is InChI=1S/C13H28BO3Si/c1-8-9-11(2)16-12(15)13(3,4)10-14-17-18(5,6)7/h11H,8-10H2,1-7H3. The third-order valence-electron chi connectivity index (χ3n) is 2.59. The maximum atomic E-state index is 12.0. The van der Waals surface area contributed by atoms with Crippen molar-refractivity contribution in [1.82, 2.24) is 0 Å². The van der Waals surface area contributed by atoms with Gasteiger partial charge in [-0.1, -0.05) is 13.3 Å². The minimum absolute atomic E-state index is 0.000292. The molecule has 0 aliphatic rings. The lowest BCUT2D eigenvalue weighted by molar-refractivity contribution is -0.158. The molecule has 0 saturated carbocycles.